The molecule has 0 amide bonds. The van der Waals surface area contributed by atoms with Crippen molar-refractivity contribution in [1.29, 1.82) is 0 Å². The van der Waals surface area contributed by atoms with Crippen LogP contribution < -0.4 is 9.80 Å². The van der Waals surface area contributed by atoms with Crippen LogP contribution in [0.2, 0.25) is 0 Å². The molecule has 298 valence electrons. The number of furan rings is 1. The number of para-hydroxylation sites is 5. The molecule has 2 heterocycles. The number of rotatable bonds is 4. The summed E-state index contributed by atoms with van der Waals surface area (Å²) in [4.78, 5) is 4.80. The van der Waals surface area contributed by atoms with Gasteiger partial charge in [-0.05, 0) is 117 Å². The second kappa shape index (κ2) is 13.3. The normalized spacial score (nSPS) is 13.4. The average molecular weight is 811 g/mol. The van der Waals surface area contributed by atoms with E-state index in [2.05, 4.69) is 200 Å². The summed E-state index contributed by atoms with van der Waals surface area (Å²) in [7, 11) is 0. The van der Waals surface area contributed by atoms with Crippen LogP contribution in [0.25, 0.3) is 54.6 Å². The molecule has 0 fully saturated rings. The van der Waals surface area contributed by atoms with E-state index in [0.717, 1.165) is 61.2 Å². The van der Waals surface area contributed by atoms with Gasteiger partial charge in [0.05, 0.1) is 28.2 Å². The maximum Gasteiger partial charge on any atom is 0.171 e. The summed E-state index contributed by atoms with van der Waals surface area (Å²) in [6.07, 6.45) is 0. The third-order valence-corrected chi connectivity index (χ3v) is 13.7. The highest BCUT2D eigenvalue weighted by molar-refractivity contribution is 6.18. The number of aryl methyl sites for hydroxylation is 2. The van der Waals surface area contributed by atoms with E-state index >= 15 is 4.39 Å². The quantitative estimate of drug-likeness (QED) is 0.177. The van der Waals surface area contributed by atoms with Gasteiger partial charge in [0.15, 0.2) is 17.0 Å². The smallest absolute Gasteiger partial charge is 0.171 e. The Bertz CT molecular complexity index is 3650. The van der Waals surface area contributed by atoms with Crippen molar-refractivity contribution in [1.82, 2.24) is 0 Å². The van der Waals surface area contributed by atoms with E-state index in [1.807, 2.05) is 12.1 Å². The molecule has 10 aromatic carbocycles. The molecule has 11 aromatic rings. The molecule has 0 unspecified atom stereocenters. The fraction of sp³-hybridized carbons (Fsp3) is 0.0508. The molecule has 1 aromatic heterocycles. The second-order valence-corrected chi connectivity index (χ2v) is 17.0. The number of hydrogen-bond acceptors (Lipinski definition) is 3. The van der Waals surface area contributed by atoms with Gasteiger partial charge in [0.1, 0.15) is 0 Å². The standard InChI is InChI=1S/C59H39FN2O/c1-36-30-33-50(37(2)34-36)62(53-29-15-23-44-43-22-14-26-49(60)57(43)63-58(44)53)54-35-48-56(42-21-9-8-20-41(42)54)55-40-19-7-6-16-38(40)31-32-47(55)59(48)45-24-10-12-27-51(45)61(39-17-4-3-5-18-39)52-28-13-11-25-46(52)59/h3-35H,1-2H3. The molecule has 1 spiro atoms. The summed E-state index contributed by atoms with van der Waals surface area (Å²) in [5, 5.41) is 6.33. The van der Waals surface area contributed by atoms with Crippen molar-refractivity contribution in [2.75, 3.05) is 9.80 Å². The van der Waals surface area contributed by atoms with Gasteiger partial charge in [0, 0.05) is 27.5 Å². The Morgan fingerprint density at radius 1 is 0.444 bits per heavy atom. The van der Waals surface area contributed by atoms with Crippen molar-refractivity contribution in [3.05, 3.63) is 239 Å². The van der Waals surface area contributed by atoms with Crippen LogP contribution in [0.15, 0.2) is 205 Å². The summed E-state index contributed by atoms with van der Waals surface area (Å²) in [6, 6.07) is 71.6. The molecule has 0 N–H and O–H groups in total. The summed E-state index contributed by atoms with van der Waals surface area (Å²) < 4.78 is 22.2. The molecular weight excluding hydrogens is 772 g/mol. The first-order valence-corrected chi connectivity index (χ1v) is 21.6. The second-order valence-electron chi connectivity index (χ2n) is 17.0. The zero-order valence-electron chi connectivity index (χ0n) is 34.7. The lowest BCUT2D eigenvalue weighted by molar-refractivity contribution is 0.584. The molecule has 63 heavy (non-hydrogen) atoms. The maximum atomic E-state index is 15.6. The van der Waals surface area contributed by atoms with Crippen LogP contribution in [0.1, 0.15) is 33.4 Å². The average Bonchev–Trinajstić information content (AvgIpc) is 3.86. The van der Waals surface area contributed by atoms with E-state index in [0.29, 0.717) is 5.58 Å². The maximum absolute atomic E-state index is 15.6. The van der Waals surface area contributed by atoms with Gasteiger partial charge >= 0.3 is 0 Å². The van der Waals surface area contributed by atoms with E-state index in [4.69, 9.17) is 4.42 Å². The SMILES string of the molecule is Cc1ccc(N(c2cc3c(c4ccccc24)-c2c(ccc4ccccc24)C32c3ccccc3N(c3ccccc3)c3ccccc32)c2cccc3c2oc2c(F)cccc23)c(C)c1. The molecule has 4 heteroatoms. The summed E-state index contributed by atoms with van der Waals surface area (Å²) in [6.45, 7) is 4.31. The Morgan fingerprint density at radius 3 is 1.83 bits per heavy atom. The highest BCUT2D eigenvalue weighted by Crippen LogP contribution is 2.66. The number of benzene rings is 10. The number of nitrogens with zero attached hydrogens (tertiary/aromatic N) is 2. The minimum absolute atomic E-state index is 0.263. The largest absolute Gasteiger partial charge is 0.451 e. The fourth-order valence-electron chi connectivity index (χ4n) is 11.2. The number of hydrogen-bond donors (Lipinski definition) is 0. The van der Waals surface area contributed by atoms with Gasteiger partial charge in [-0.1, -0.05) is 157 Å². The molecule has 0 atom stereocenters. The van der Waals surface area contributed by atoms with Crippen LogP contribution in [0.5, 0.6) is 0 Å². The topological polar surface area (TPSA) is 19.6 Å². The Kier molecular flexibility index (Phi) is 7.54. The molecule has 0 bridgehead atoms. The van der Waals surface area contributed by atoms with Gasteiger partial charge in [0.2, 0.25) is 0 Å². The minimum atomic E-state index is -0.714. The minimum Gasteiger partial charge on any atom is -0.451 e. The predicted molar refractivity (Wildman–Crippen MR) is 258 cm³/mol. The van der Waals surface area contributed by atoms with Crippen LogP contribution in [0.3, 0.4) is 0 Å². The van der Waals surface area contributed by atoms with Gasteiger partial charge in [-0.2, -0.15) is 0 Å². The number of halogens is 1. The lowest BCUT2D eigenvalue weighted by atomic mass is 9.64. The lowest BCUT2D eigenvalue weighted by Gasteiger charge is -2.45. The molecule has 3 nitrogen and oxygen atoms in total. The molecule has 2 aliphatic rings. The van der Waals surface area contributed by atoms with E-state index in [1.54, 1.807) is 6.07 Å². The van der Waals surface area contributed by atoms with Crippen molar-refractivity contribution in [3.63, 3.8) is 0 Å². The zero-order valence-corrected chi connectivity index (χ0v) is 34.7. The highest BCUT2D eigenvalue weighted by atomic mass is 19.1. The molecule has 1 aliphatic heterocycles. The summed E-state index contributed by atoms with van der Waals surface area (Å²) >= 11 is 0. The Morgan fingerprint density at radius 2 is 1.06 bits per heavy atom. The van der Waals surface area contributed by atoms with Crippen LogP contribution >= 0.6 is 0 Å². The van der Waals surface area contributed by atoms with Gasteiger partial charge in [0.25, 0.3) is 0 Å². The van der Waals surface area contributed by atoms with Crippen LogP contribution in [-0.4, -0.2) is 0 Å². The molecule has 0 radical (unpaired) electrons. The Balaban J connectivity index is 1.22. The van der Waals surface area contributed by atoms with E-state index in [1.165, 1.54) is 55.8 Å². The third-order valence-electron chi connectivity index (χ3n) is 13.7. The first-order chi connectivity index (χ1) is 31.0. The summed E-state index contributed by atoms with van der Waals surface area (Å²) in [5.74, 6) is -0.373. The number of anilines is 6. The zero-order chi connectivity index (χ0) is 42.0. The van der Waals surface area contributed by atoms with Gasteiger partial charge in [-0.25, -0.2) is 4.39 Å². The molecule has 0 saturated carbocycles. The van der Waals surface area contributed by atoms with Crippen molar-refractivity contribution in [2.24, 2.45) is 0 Å². The first-order valence-electron chi connectivity index (χ1n) is 21.6. The molecule has 13 rings (SSSR count). The monoisotopic (exact) mass is 810 g/mol. The van der Waals surface area contributed by atoms with Crippen molar-refractivity contribution < 1.29 is 8.81 Å². The van der Waals surface area contributed by atoms with E-state index < -0.39 is 5.41 Å². The molecule has 0 saturated heterocycles. The number of fused-ring (bicyclic) bond motifs is 16. The van der Waals surface area contributed by atoms with Crippen molar-refractivity contribution in [3.8, 4) is 11.1 Å². The van der Waals surface area contributed by atoms with Gasteiger partial charge in [-0.15, -0.1) is 0 Å². The highest BCUT2D eigenvalue weighted by Gasteiger charge is 2.53. The van der Waals surface area contributed by atoms with E-state index in [-0.39, 0.29) is 11.4 Å². The van der Waals surface area contributed by atoms with Gasteiger partial charge in [-0.3, -0.25) is 0 Å². The first kappa shape index (κ1) is 35.8. The fourth-order valence-corrected chi connectivity index (χ4v) is 11.2. The van der Waals surface area contributed by atoms with Crippen LogP contribution in [-0.2, 0) is 5.41 Å². The van der Waals surface area contributed by atoms with Crippen molar-refractivity contribution in [2.45, 2.75) is 19.3 Å². The third kappa shape index (κ3) is 4.83. The summed E-state index contributed by atoms with van der Waals surface area (Å²) in [5.41, 5.74) is 16.2. The molecule has 1 aliphatic carbocycles. The predicted octanol–water partition coefficient (Wildman–Crippen LogP) is 16.3. The lowest BCUT2D eigenvalue weighted by Crippen LogP contribution is -2.36. The molecular formula is C59H39FN2O. The van der Waals surface area contributed by atoms with Crippen molar-refractivity contribution >= 4 is 77.6 Å². The van der Waals surface area contributed by atoms with Gasteiger partial charge < -0.3 is 14.2 Å². The Hall–Kier alpha value is -7.95. The van der Waals surface area contributed by atoms with Crippen LogP contribution in [0.4, 0.5) is 38.5 Å². The van der Waals surface area contributed by atoms with E-state index in [9.17, 15) is 0 Å². The van der Waals surface area contributed by atoms with Crippen LogP contribution in [0, 0.1) is 19.7 Å². The Labute approximate surface area is 364 Å².